The number of allylic oxidation sites excluding steroid dienone is 2. The van der Waals surface area contributed by atoms with Gasteiger partial charge < -0.3 is 15.6 Å². The highest BCUT2D eigenvalue weighted by molar-refractivity contribution is 6.06. The number of imidazole rings is 1. The standard InChI is InChI=1S/C23H28N6O2/c1-2-24-23(25-10-9-18-27-16-5-3-4-6-17(16)28-18)26-11-12-29-21(30)19-14-7-8-15(13-14)20(19)22(29)31/h3-8,14-15,19-20H,2,9-13H2,1H3,(H,27,28)(H2,24,25,26). The van der Waals surface area contributed by atoms with E-state index in [-0.39, 0.29) is 35.5 Å². The van der Waals surface area contributed by atoms with Crippen LogP contribution < -0.4 is 10.6 Å². The highest BCUT2D eigenvalue weighted by atomic mass is 16.2. The zero-order chi connectivity index (χ0) is 21.4. The van der Waals surface area contributed by atoms with Crippen LogP contribution in [0.5, 0.6) is 0 Å². The van der Waals surface area contributed by atoms with Crippen LogP contribution in [0.4, 0.5) is 0 Å². The van der Waals surface area contributed by atoms with E-state index in [9.17, 15) is 9.59 Å². The molecule has 1 aromatic heterocycles. The first-order valence-corrected chi connectivity index (χ1v) is 11.1. The van der Waals surface area contributed by atoms with Gasteiger partial charge in [-0.15, -0.1) is 0 Å². The van der Waals surface area contributed by atoms with Crippen molar-refractivity contribution in [2.24, 2.45) is 28.7 Å². The number of amides is 2. The molecule has 31 heavy (non-hydrogen) atoms. The van der Waals surface area contributed by atoms with Crippen LogP contribution >= 0.6 is 0 Å². The summed E-state index contributed by atoms with van der Waals surface area (Å²) >= 11 is 0. The Morgan fingerprint density at radius 3 is 2.61 bits per heavy atom. The summed E-state index contributed by atoms with van der Waals surface area (Å²) in [5.74, 6) is 1.83. The van der Waals surface area contributed by atoms with Crippen LogP contribution in [0, 0.1) is 23.7 Å². The number of carbonyl (C=O) groups excluding carboxylic acids is 2. The summed E-state index contributed by atoms with van der Waals surface area (Å²) in [5.41, 5.74) is 1.99. The van der Waals surface area contributed by atoms with Crippen LogP contribution in [-0.4, -0.2) is 58.8 Å². The second-order valence-electron chi connectivity index (χ2n) is 8.47. The second kappa shape index (κ2) is 8.17. The molecule has 8 nitrogen and oxygen atoms in total. The smallest absolute Gasteiger partial charge is 0.233 e. The summed E-state index contributed by atoms with van der Waals surface area (Å²) in [4.78, 5) is 39.5. The number of para-hydroxylation sites is 2. The fraction of sp³-hybridized carbons (Fsp3) is 0.478. The number of hydrogen-bond acceptors (Lipinski definition) is 4. The maximum absolute atomic E-state index is 12.8. The van der Waals surface area contributed by atoms with Crippen molar-refractivity contribution in [2.75, 3.05) is 26.2 Å². The van der Waals surface area contributed by atoms with E-state index in [2.05, 4.69) is 37.7 Å². The number of fused-ring (bicyclic) bond motifs is 6. The van der Waals surface area contributed by atoms with Crippen LogP contribution in [0.15, 0.2) is 41.4 Å². The van der Waals surface area contributed by atoms with Gasteiger partial charge in [-0.2, -0.15) is 0 Å². The number of hydrogen-bond donors (Lipinski definition) is 3. The van der Waals surface area contributed by atoms with Gasteiger partial charge in [0.15, 0.2) is 5.96 Å². The molecule has 1 aliphatic heterocycles. The molecule has 1 saturated heterocycles. The molecule has 1 saturated carbocycles. The molecule has 4 unspecified atom stereocenters. The number of aliphatic imine (C=N–C) groups is 1. The highest BCUT2D eigenvalue weighted by Crippen LogP contribution is 2.52. The monoisotopic (exact) mass is 420 g/mol. The maximum atomic E-state index is 12.8. The summed E-state index contributed by atoms with van der Waals surface area (Å²) in [6, 6.07) is 7.96. The molecule has 2 aromatic rings. The molecule has 8 heteroatoms. The SMILES string of the molecule is CCNC(=NCCc1nc2ccccc2[nH]1)NCCN1C(=O)C2C3C=CC(C3)C2C1=O. The average molecular weight is 421 g/mol. The predicted molar refractivity (Wildman–Crippen MR) is 118 cm³/mol. The van der Waals surface area contributed by atoms with Crippen LogP contribution in [0.1, 0.15) is 19.2 Å². The summed E-state index contributed by atoms with van der Waals surface area (Å²) in [5, 5.41) is 6.47. The molecule has 5 rings (SSSR count). The van der Waals surface area contributed by atoms with Gasteiger partial charge in [-0.1, -0.05) is 24.3 Å². The molecule has 4 atom stereocenters. The molecule has 2 fully saturated rings. The van der Waals surface area contributed by atoms with Gasteiger partial charge in [0.2, 0.25) is 11.8 Å². The van der Waals surface area contributed by atoms with Crippen molar-refractivity contribution in [3.05, 3.63) is 42.2 Å². The number of nitrogens with one attached hydrogen (secondary N) is 3. The number of aromatic amines is 1. The molecular weight excluding hydrogens is 392 g/mol. The normalized spacial score (nSPS) is 26.9. The van der Waals surface area contributed by atoms with Gasteiger partial charge in [0, 0.05) is 32.6 Å². The Kier molecular flexibility index (Phi) is 5.21. The summed E-state index contributed by atoms with van der Waals surface area (Å²) in [6.45, 7) is 4.18. The van der Waals surface area contributed by atoms with Crippen LogP contribution in [-0.2, 0) is 16.0 Å². The number of likely N-dealkylation sites (tertiary alicyclic amines) is 1. The highest BCUT2D eigenvalue weighted by Gasteiger charge is 2.58. The maximum Gasteiger partial charge on any atom is 0.233 e. The predicted octanol–water partition coefficient (Wildman–Crippen LogP) is 1.47. The van der Waals surface area contributed by atoms with E-state index < -0.39 is 0 Å². The minimum atomic E-state index is -0.131. The molecule has 162 valence electrons. The quantitative estimate of drug-likeness (QED) is 0.272. The van der Waals surface area contributed by atoms with Crippen molar-refractivity contribution in [3.8, 4) is 0 Å². The molecule has 3 N–H and O–H groups in total. The first-order chi connectivity index (χ1) is 15.2. The number of carbonyl (C=O) groups is 2. The van der Waals surface area contributed by atoms with Gasteiger partial charge in [-0.3, -0.25) is 19.5 Å². The van der Waals surface area contributed by atoms with E-state index in [0.717, 1.165) is 29.8 Å². The Bertz CT molecular complexity index is 994. The molecule has 2 aliphatic carbocycles. The molecule has 2 heterocycles. The van der Waals surface area contributed by atoms with Crippen molar-refractivity contribution in [3.63, 3.8) is 0 Å². The first kappa shape index (κ1) is 19.8. The van der Waals surface area contributed by atoms with E-state index in [1.807, 2.05) is 31.2 Å². The number of imide groups is 1. The number of H-pyrrole nitrogens is 1. The number of guanidine groups is 1. The lowest BCUT2D eigenvalue weighted by atomic mass is 9.85. The number of benzene rings is 1. The summed E-state index contributed by atoms with van der Waals surface area (Å²) in [7, 11) is 0. The van der Waals surface area contributed by atoms with E-state index in [0.29, 0.717) is 32.0 Å². The first-order valence-electron chi connectivity index (χ1n) is 11.1. The topological polar surface area (TPSA) is 102 Å². The van der Waals surface area contributed by atoms with Gasteiger partial charge in [0.1, 0.15) is 5.82 Å². The molecular formula is C23H28N6O2. The summed E-state index contributed by atoms with van der Waals surface area (Å²) in [6.07, 6.45) is 5.91. The second-order valence-corrected chi connectivity index (χ2v) is 8.47. The fourth-order valence-electron chi connectivity index (χ4n) is 5.21. The number of nitrogens with zero attached hydrogens (tertiary/aromatic N) is 3. The van der Waals surface area contributed by atoms with Crippen molar-refractivity contribution in [1.82, 2.24) is 25.5 Å². The van der Waals surface area contributed by atoms with E-state index in [1.54, 1.807) is 0 Å². The lowest BCUT2D eigenvalue weighted by molar-refractivity contribution is -0.140. The third-order valence-corrected chi connectivity index (χ3v) is 6.59. The Balaban J connectivity index is 1.14. The third kappa shape index (κ3) is 3.60. The minimum absolute atomic E-state index is 0.000440. The van der Waals surface area contributed by atoms with Crippen molar-refractivity contribution < 1.29 is 9.59 Å². The fourth-order valence-corrected chi connectivity index (χ4v) is 5.21. The zero-order valence-electron chi connectivity index (χ0n) is 17.7. The molecule has 2 amide bonds. The van der Waals surface area contributed by atoms with Crippen LogP contribution in [0.2, 0.25) is 0 Å². The van der Waals surface area contributed by atoms with Crippen LogP contribution in [0.25, 0.3) is 11.0 Å². The van der Waals surface area contributed by atoms with E-state index >= 15 is 0 Å². The molecule has 3 aliphatic rings. The average Bonchev–Trinajstić information content (AvgIpc) is 3.52. The van der Waals surface area contributed by atoms with Crippen molar-refractivity contribution in [1.29, 1.82) is 0 Å². The van der Waals surface area contributed by atoms with Crippen LogP contribution in [0.3, 0.4) is 0 Å². The number of rotatable bonds is 7. The van der Waals surface area contributed by atoms with E-state index in [1.165, 1.54) is 4.90 Å². The van der Waals surface area contributed by atoms with Crippen molar-refractivity contribution in [2.45, 2.75) is 19.8 Å². The molecule has 2 bridgehead atoms. The van der Waals surface area contributed by atoms with E-state index in [4.69, 9.17) is 0 Å². The van der Waals surface area contributed by atoms with Gasteiger partial charge in [-0.05, 0) is 37.3 Å². The zero-order valence-corrected chi connectivity index (χ0v) is 17.7. The van der Waals surface area contributed by atoms with Gasteiger partial charge in [0.05, 0.1) is 22.9 Å². The molecule has 0 radical (unpaired) electrons. The Labute approximate surface area is 181 Å². The number of aromatic nitrogens is 2. The Morgan fingerprint density at radius 1 is 1.16 bits per heavy atom. The molecule has 1 aromatic carbocycles. The van der Waals surface area contributed by atoms with Crippen molar-refractivity contribution >= 4 is 28.8 Å². The summed E-state index contributed by atoms with van der Waals surface area (Å²) < 4.78 is 0. The lowest BCUT2D eigenvalue weighted by Crippen LogP contribution is -2.43. The Morgan fingerprint density at radius 2 is 1.90 bits per heavy atom. The van der Waals surface area contributed by atoms with Gasteiger partial charge in [-0.25, -0.2) is 4.98 Å². The molecule has 0 spiro atoms. The minimum Gasteiger partial charge on any atom is -0.357 e. The largest absolute Gasteiger partial charge is 0.357 e. The lowest BCUT2D eigenvalue weighted by Gasteiger charge is -2.18. The Hall–Kier alpha value is -3.16. The third-order valence-electron chi connectivity index (χ3n) is 6.59. The van der Waals surface area contributed by atoms with Gasteiger partial charge in [0.25, 0.3) is 0 Å². The van der Waals surface area contributed by atoms with Gasteiger partial charge >= 0.3 is 0 Å².